The maximum atomic E-state index is 12.7. The van der Waals surface area contributed by atoms with Gasteiger partial charge in [-0.25, -0.2) is 5.48 Å². The van der Waals surface area contributed by atoms with Crippen LogP contribution in [0.4, 0.5) is 0 Å². The third kappa shape index (κ3) is 8.77. The molecule has 0 saturated carbocycles. The molecule has 0 aliphatic heterocycles. The highest BCUT2D eigenvalue weighted by Gasteiger charge is 2.27. The molecule has 2 rings (SSSR count). The zero-order valence-corrected chi connectivity index (χ0v) is 20.1. The molecule has 0 aromatic heterocycles. The van der Waals surface area contributed by atoms with Gasteiger partial charge in [0.15, 0.2) is 5.78 Å². The number of nitrogens with one attached hydrogen (secondary N) is 2. The molecule has 0 radical (unpaired) electrons. The van der Waals surface area contributed by atoms with Crippen molar-refractivity contribution in [3.8, 4) is 0 Å². The number of amides is 2. The number of hydrogen-bond donors (Lipinski definition) is 2. The van der Waals surface area contributed by atoms with Crippen LogP contribution >= 0.6 is 0 Å². The van der Waals surface area contributed by atoms with Crippen molar-refractivity contribution in [3.05, 3.63) is 48.0 Å². The second-order valence-electron chi connectivity index (χ2n) is 9.38. The Labute approximate surface area is 195 Å². The highest BCUT2D eigenvalue weighted by Crippen LogP contribution is 2.20. The van der Waals surface area contributed by atoms with Crippen molar-refractivity contribution in [3.63, 3.8) is 0 Å². The number of Topliss-reactive ketones (excluding diaryl/α,β-unsaturated/α-hetero) is 2. The average Bonchev–Trinajstić information content (AvgIpc) is 2.74. The summed E-state index contributed by atoms with van der Waals surface area (Å²) in [4.78, 5) is 54.5. The molecule has 0 unspecified atom stereocenters. The van der Waals surface area contributed by atoms with Gasteiger partial charge in [0.2, 0.25) is 11.8 Å². The number of hydrogen-bond acceptors (Lipinski definition) is 5. The van der Waals surface area contributed by atoms with Crippen molar-refractivity contribution >= 4 is 34.2 Å². The van der Waals surface area contributed by atoms with Crippen LogP contribution in [0.25, 0.3) is 10.8 Å². The van der Waals surface area contributed by atoms with E-state index < -0.39 is 29.4 Å². The molecule has 0 heterocycles. The number of fused-ring (bicyclic) bond motifs is 1. The maximum absolute atomic E-state index is 12.7. The molecule has 0 aliphatic carbocycles. The molecule has 178 valence electrons. The molecule has 2 amide bonds. The SMILES string of the molecule is CC(=O)C[C@@H](CC(=O)NOC(C)(C)C)C(=O)N[C@@H](C)C(=O)CCc1cccc2ccccc12. The molecule has 0 bridgehead atoms. The van der Waals surface area contributed by atoms with Gasteiger partial charge in [-0.15, -0.1) is 0 Å². The number of benzene rings is 2. The summed E-state index contributed by atoms with van der Waals surface area (Å²) < 4.78 is 0. The Hall–Kier alpha value is -3.06. The van der Waals surface area contributed by atoms with E-state index >= 15 is 0 Å². The van der Waals surface area contributed by atoms with Gasteiger partial charge in [-0.05, 0) is 57.4 Å². The summed E-state index contributed by atoms with van der Waals surface area (Å²) in [6.07, 6.45) is 0.528. The average molecular weight is 455 g/mol. The summed E-state index contributed by atoms with van der Waals surface area (Å²) in [6.45, 7) is 8.31. The second kappa shape index (κ2) is 11.7. The van der Waals surface area contributed by atoms with E-state index in [1.807, 2.05) is 42.5 Å². The van der Waals surface area contributed by atoms with E-state index in [-0.39, 0.29) is 30.8 Å². The third-order valence-corrected chi connectivity index (χ3v) is 5.17. The Morgan fingerprint density at radius 2 is 1.64 bits per heavy atom. The molecule has 0 aliphatic rings. The van der Waals surface area contributed by atoms with Crippen molar-refractivity contribution in [1.82, 2.24) is 10.8 Å². The van der Waals surface area contributed by atoms with E-state index in [0.717, 1.165) is 16.3 Å². The first-order valence-corrected chi connectivity index (χ1v) is 11.2. The Balaban J connectivity index is 1.94. The van der Waals surface area contributed by atoms with Gasteiger partial charge in [0.1, 0.15) is 5.78 Å². The zero-order valence-electron chi connectivity index (χ0n) is 20.1. The lowest BCUT2D eigenvalue weighted by atomic mass is 9.96. The van der Waals surface area contributed by atoms with Gasteiger partial charge >= 0.3 is 0 Å². The number of rotatable bonds is 11. The van der Waals surface area contributed by atoms with Crippen molar-refractivity contribution in [2.75, 3.05) is 0 Å². The highest BCUT2D eigenvalue weighted by molar-refractivity contribution is 5.93. The molecule has 0 saturated heterocycles. The molecular formula is C26H34N2O5. The van der Waals surface area contributed by atoms with Crippen LogP contribution in [-0.2, 0) is 30.4 Å². The summed E-state index contributed by atoms with van der Waals surface area (Å²) in [5, 5.41) is 4.90. The Morgan fingerprint density at radius 1 is 0.970 bits per heavy atom. The Kier molecular flexibility index (Phi) is 9.29. The first-order chi connectivity index (χ1) is 15.5. The van der Waals surface area contributed by atoms with Crippen LogP contribution in [0.1, 0.15) is 59.4 Å². The van der Waals surface area contributed by atoms with Gasteiger partial charge in [0.05, 0.1) is 17.6 Å². The van der Waals surface area contributed by atoms with Gasteiger partial charge in [-0.2, -0.15) is 0 Å². The number of aryl methyl sites for hydroxylation is 1. The number of carbonyl (C=O) groups is 4. The summed E-state index contributed by atoms with van der Waals surface area (Å²) in [5.74, 6) is -2.20. The Morgan fingerprint density at radius 3 is 2.30 bits per heavy atom. The molecule has 0 spiro atoms. The summed E-state index contributed by atoms with van der Waals surface area (Å²) >= 11 is 0. The van der Waals surface area contributed by atoms with Crippen molar-refractivity contribution in [2.24, 2.45) is 5.92 Å². The minimum atomic E-state index is -0.876. The lowest BCUT2D eigenvalue weighted by Crippen LogP contribution is -2.44. The van der Waals surface area contributed by atoms with Crippen LogP contribution in [-0.4, -0.2) is 35.0 Å². The minimum absolute atomic E-state index is 0.0916. The van der Waals surface area contributed by atoms with Crippen LogP contribution in [0.2, 0.25) is 0 Å². The number of ketones is 2. The molecule has 2 atom stereocenters. The lowest BCUT2D eigenvalue weighted by molar-refractivity contribution is -0.148. The van der Waals surface area contributed by atoms with Gasteiger partial charge in [0.25, 0.3) is 0 Å². The standard InChI is InChI=1S/C26H34N2O5/c1-17(29)15-21(16-24(31)28-33-26(3,4)5)25(32)27-18(2)23(30)14-13-20-11-8-10-19-9-6-7-12-22(19)20/h6-12,18,21H,13-16H2,1-5H3,(H,27,32)(H,28,31)/t18-,21-/m0/s1. The maximum Gasteiger partial charge on any atom is 0.244 e. The van der Waals surface area contributed by atoms with Gasteiger partial charge in [-0.3, -0.25) is 19.2 Å². The summed E-state index contributed by atoms with van der Waals surface area (Å²) in [7, 11) is 0. The van der Waals surface area contributed by atoms with E-state index in [1.165, 1.54) is 6.92 Å². The molecule has 7 nitrogen and oxygen atoms in total. The number of carbonyl (C=O) groups excluding carboxylic acids is 4. The fourth-order valence-electron chi connectivity index (χ4n) is 3.48. The van der Waals surface area contributed by atoms with E-state index in [9.17, 15) is 19.2 Å². The van der Waals surface area contributed by atoms with Crippen LogP contribution in [0.3, 0.4) is 0 Å². The van der Waals surface area contributed by atoms with Crippen LogP contribution in [0.15, 0.2) is 42.5 Å². The number of hydroxylamine groups is 1. The van der Waals surface area contributed by atoms with Crippen molar-refractivity contribution in [2.45, 2.75) is 71.9 Å². The minimum Gasteiger partial charge on any atom is -0.346 e. The topological polar surface area (TPSA) is 102 Å². The second-order valence-corrected chi connectivity index (χ2v) is 9.38. The van der Waals surface area contributed by atoms with E-state index in [4.69, 9.17) is 4.84 Å². The van der Waals surface area contributed by atoms with Gasteiger partial charge in [-0.1, -0.05) is 42.5 Å². The zero-order chi connectivity index (χ0) is 24.6. The predicted molar refractivity (Wildman–Crippen MR) is 127 cm³/mol. The van der Waals surface area contributed by atoms with E-state index in [0.29, 0.717) is 6.42 Å². The first-order valence-electron chi connectivity index (χ1n) is 11.2. The summed E-state index contributed by atoms with van der Waals surface area (Å²) in [5.41, 5.74) is 2.80. The van der Waals surface area contributed by atoms with E-state index in [1.54, 1.807) is 27.7 Å². The molecular weight excluding hydrogens is 420 g/mol. The smallest absolute Gasteiger partial charge is 0.244 e. The quantitative estimate of drug-likeness (QED) is 0.505. The molecule has 2 N–H and O–H groups in total. The lowest BCUT2D eigenvalue weighted by Gasteiger charge is -2.21. The first kappa shape index (κ1) is 26.2. The molecule has 0 fully saturated rings. The summed E-state index contributed by atoms with van der Waals surface area (Å²) in [6, 6.07) is 13.3. The normalized spacial score (nSPS) is 13.2. The third-order valence-electron chi connectivity index (χ3n) is 5.17. The van der Waals surface area contributed by atoms with Gasteiger partial charge in [0, 0.05) is 19.3 Å². The Bertz CT molecular complexity index is 1000. The largest absolute Gasteiger partial charge is 0.346 e. The van der Waals surface area contributed by atoms with Gasteiger partial charge < -0.3 is 10.1 Å². The fraction of sp³-hybridized carbons (Fsp3) is 0.462. The van der Waals surface area contributed by atoms with Crippen molar-refractivity contribution < 1.29 is 24.0 Å². The predicted octanol–water partition coefficient (Wildman–Crippen LogP) is 3.68. The van der Waals surface area contributed by atoms with Crippen LogP contribution in [0.5, 0.6) is 0 Å². The highest BCUT2D eigenvalue weighted by atomic mass is 16.7. The van der Waals surface area contributed by atoms with Crippen molar-refractivity contribution in [1.29, 1.82) is 0 Å². The molecule has 2 aromatic carbocycles. The monoisotopic (exact) mass is 454 g/mol. The fourth-order valence-corrected chi connectivity index (χ4v) is 3.48. The van der Waals surface area contributed by atoms with Crippen LogP contribution in [0, 0.1) is 5.92 Å². The molecule has 7 heteroatoms. The molecule has 33 heavy (non-hydrogen) atoms. The van der Waals surface area contributed by atoms with E-state index in [2.05, 4.69) is 10.8 Å². The molecule has 2 aromatic rings. The van der Waals surface area contributed by atoms with Crippen LogP contribution < -0.4 is 10.8 Å².